The quantitative estimate of drug-likeness (QED) is 0.884. The lowest BCUT2D eigenvalue weighted by atomic mass is 9.71. The monoisotopic (exact) mass is 250 g/mol. The number of hydrogen-bond acceptors (Lipinski definition) is 3. The van der Waals surface area contributed by atoms with Crippen LogP contribution in [0.3, 0.4) is 0 Å². The van der Waals surface area contributed by atoms with Gasteiger partial charge in [0.15, 0.2) is 0 Å². The summed E-state index contributed by atoms with van der Waals surface area (Å²) in [6.45, 7) is 1.02. The Labute approximate surface area is 108 Å². The van der Waals surface area contributed by atoms with E-state index >= 15 is 0 Å². The van der Waals surface area contributed by atoms with Crippen molar-refractivity contribution in [3.63, 3.8) is 0 Å². The van der Waals surface area contributed by atoms with Crippen LogP contribution in [0.1, 0.15) is 56.2 Å². The van der Waals surface area contributed by atoms with Gasteiger partial charge in [-0.2, -0.15) is 0 Å². The molecule has 1 spiro atoms. The van der Waals surface area contributed by atoms with Crippen LogP contribution >= 0.6 is 11.3 Å². The molecule has 94 valence electrons. The van der Waals surface area contributed by atoms with Gasteiger partial charge in [0.05, 0.1) is 5.51 Å². The van der Waals surface area contributed by atoms with E-state index in [0.717, 1.165) is 18.0 Å². The van der Waals surface area contributed by atoms with Crippen LogP contribution in [-0.2, 0) is 6.54 Å². The molecule has 0 atom stereocenters. The van der Waals surface area contributed by atoms with E-state index in [1.165, 1.54) is 56.2 Å². The molecule has 0 unspecified atom stereocenters. The summed E-state index contributed by atoms with van der Waals surface area (Å²) in [5, 5.41) is 3.70. The predicted octanol–water partition coefficient (Wildman–Crippen LogP) is 3.74. The van der Waals surface area contributed by atoms with E-state index in [4.69, 9.17) is 0 Å². The van der Waals surface area contributed by atoms with Crippen molar-refractivity contribution in [2.45, 2.75) is 64.0 Å². The molecule has 0 aliphatic heterocycles. The molecule has 2 saturated carbocycles. The van der Waals surface area contributed by atoms with Gasteiger partial charge in [-0.3, -0.25) is 4.98 Å². The number of aromatic nitrogens is 1. The van der Waals surface area contributed by atoms with Gasteiger partial charge in [0.1, 0.15) is 0 Å². The van der Waals surface area contributed by atoms with Crippen LogP contribution in [0.15, 0.2) is 11.7 Å². The first kappa shape index (κ1) is 11.7. The van der Waals surface area contributed by atoms with Gasteiger partial charge in [-0.1, -0.05) is 12.8 Å². The summed E-state index contributed by atoms with van der Waals surface area (Å²) in [5.41, 5.74) is 2.69. The Bertz CT molecular complexity index is 331. The first-order chi connectivity index (χ1) is 8.36. The summed E-state index contributed by atoms with van der Waals surface area (Å²) in [5.74, 6) is 0. The molecule has 2 aliphatic rings. The highest BCUT2D eigenvalue weighted by Gasteiger charge is 2.37. The molecule has 17 heavy (non-hydrogen) atoms. The summed E-state index contributed by atoms with van der Waals surface area (Å²) in [6.07, 6.45) is 13.7. The fourth-order valence-electron chi connectivity index (χ4n) is 3.63. The van der Waals surface area contributed by atoms with E-state index < -0.39 is 0 Å². The Kier molecular flexibility index (Phi) is 3.48. The molecule has 1 aromatic rings. The highest BCUT2D eigenvalue weighted by atomic mass is 32.1. The summed E-state index contributed by atoms with van der Waals surface area (Å²) >= 11 is 1.76. The van der Waals surface area contributed by atoms with Gasteiger partial charge in [0.2, 0.25) is 0 Å². The highest BCUT2D eigenvalue weighted by Crippen LogP contribution is 2.48. The molecule has 1 N–H and O–H groups in total. The van der Waals surface area contributed by atoms with Crippen LogP contribution in [0.2, 0.25) is 0 Å². The lowest BCUT2D eigenvalue weighted by Crippen LogP contribution is -2.36. The third-order valence-electron chi connectivity index (χ3n) is 4.76. The molecule has 2 fully saturated rings. The Balaban J connectivity index is 1.45. The molecule has 2 aliphatic carbocycles. The Morgan fingerprint density at radius 3 is 2.65 bits per heavy atom. The van der Waals surface area contributed by atoms with Gasteiger partial charge >= 0.3 is 0 Å². The number of rotatable bonds is 3. The van der Waals surface area contributed by atoms with Gasteiger partial charge in [0.25, 0.3) is 0 Å². The van der Waals surface area contributed by atoms with E-state index in [-0.39, 0.29) is 0 Å². The lowest BCUT2D eigenvalue weighted by molar-refractivity contribution is 0.168. The fourth-order valence-corrected chi connectivity index (χ4v) is 4.18. The van der Waals surface area contributed by atoms with Gasteiger partial charge < -0.3 is 5.32 Å². The van der Waals surface area contributed by atoms with E-state index in [9.17, 15) is 0 Å². The molecule has 2 nitrogen and oxygen atoms in total. The van der Waals surface area contributed by atoms with Gasteiger partial charge in [0, 0.05) is 23.7 Å². The SMILES string of the molecule is c1ncc(CNC2CCC3(CCCC3)CC2)s1. The maximum absolute atomic E-state index is 4.12. The van der Waals surface area contributed by atoms with Crippen LogP contribution < -0.4 is 5.32 Å². The number of thiazole rings is 1. The molecular weight excluding hydrogens is 228 g/mol. The van der Waals surface area contributed by atoms with Crippen molar-refractivity contribution in [1.29, 1.82) is 0 Å². The van der Waals surface area contributed by atoms with Crippen LogP contribution in [0.25, 0.3) is 0 Å². The van der Waals surface area contributed by atoms with Crippen molar-refractivity contribution < 1.29 is 0 Å². The number of nitrogens with one attached hydrogen (secondary N) is 1. The van der Waals surface area contributed by atoms with Crippen molar-refractivity contribution in [3.05, 3.63) is 16.6 Å². The minimum absolute atomic E-state index is 0.753. The Morgan fingerprint density at radius 2 is 2.00 bits per heavy atom. The van der Waals surface area contributed by atoms with Crippen LogP contribution in [0, 0.1) is 5.41 Å². The van der Waals surface area contributed by atoms with Crippen LogP contribution in [-0.4, -0.2) is 11.0 Å². The maximum atomic E-state index is 4.12. The topological polar surface area (TPSA) is 24.9 Å². The smallest absolute Gasteiger partial charge is 0.0794 e. The molecule has 1 aromatic heterocycles. The molecule has 1 heterocycles. The standard InChI is InChI=1S/C14H22N2S/c1-2-6-14(5-1)7-3-12(4-8-14)16-10-13-9-15-11-17-13/h9,11-12,16H,1-8,10H2. The van der Waals surface area contributed by atoms with Crippen LogP contribution in [0.5, 0.6) is 0 Å². The van der Waals surface area contributed by atoms with E-state index in [0.29, 0.717) is 0 Å². The molecule has 3 rings (SSSR count). The van der Waals surface area contributed by atoms with Crippen molar-refractivity contribution in [2.75, 3.05) is 0 Å². The third kappa shape index (κ3) is 2.71. The summed E-state index contributed by atoms with van der Waals surface area (Å²) in [4.78, 5) is 5.49. The lowest BCUT2D eigenvalue weighted by Gasteiger charge is -2.37. The zero-order chi connectivity index (χ0) is 11.6. The van der Waals surface area contributed by atoms with Crippen molar-refractivity contribution >= 4 is 11.3 Å². The van der Waals surface area contributed by atoms with Gasteiger partial charge in [-0.25, -0.2) is 0 Å². The van der Waals surface area contributed by atoms with Gasteiger partial charge in [-0.15, -0.1) is 11.3 Å². The normalized spacial score (nSPS) is 24.5. The summed E-state index contributed by atoms with van der Waals surface area (Å²) < 4.78 is 0. The summed E-state index contributed by atoms with van der Waals surface area (Å²) in [6, 6.07) is 0.753. The van der Waals surface area contributed by atoms with Crippen molar-refractivity contribution in [2.24, 2.45) is 5.41 Å². The fraction of sp³-hybridized carbons (Fsp3) is 0.786. The molecule has 0 amide bonds. The first-order valence-electron chi connectivity index (χ1n) is 6.97. The van der Waals surface area contributed by atoms with Crippen LogP contribution in [0.4, 0.5) is 0 Å². The maximum Gasteiger partial charge on any atom is 0.0794 e. The number of nitrogens with zero attached hydrogens (tertiary/aromatic N) is 1. The van der Waals surface area contributed by atoms with Gasteiger partial charge in [-0.05, 0) is 43.9 Å². The molecule has 0 bridgehead atoms. The number of hydrogen-bond donors (Lipinski definition) is 1. The van der Waals surface area contributed by atoms with E-state index in [1.54, 1.807) is 11.3 Å². The molecular formula is C14H22N2S. The van der Waals surface area contributed by atoms with E-state index in [1.807, 2.05) is 11.7 Å². The average Bonchev–Trinajstić information content (AvgIpc) is 3.01. The minimum Gasteiger partial charge on any atom is -0.309 e. The van der Waals surface area contributed by atoms with E-state index in [2.05, 4.69) is 10.3 Å². The summed E-state index contributed by atoms with van der Waals surface area (Å²) in [7, 11) is 0. The zero-order valence-corrected chi connectivity index (χ0v) is 11.3. The first-order valence-corrected chi connectivity index (χ1v) is 7.85. The van der Waals surface area contributed by atoms with Crippen molar-refractivity contribution in [3.8, 4) is 0 Å². The molecule has 3 heteroatoms. The molecule has 0 saturated heterocycles. The second kappa shape index (κ2) is 5.07. The molecule has 0 aromatic carbocycles. The Morgan fingerprint density at radius 1 is 1.24 bits per heavy atom. The largest absolute Gasteiger partial charge is 0.309 e. The molecule has 0 radical (unpaired) electrons. The minimum atomic E-state index is 0.753. The van der Waals surface area contributed by atoms with Crippen molar-refractivity contribution in [1.82, 2.24) is 10.3 Å². The second-order valence-electron chi connectivity index (χ2n) is 5.83. The zero-order valence-electron chi connectivity index (χ0n) is 10.5. The third-order valence-corrected chi connectivity index (χ3v) is 5.54. The predicted molar refractivity (Wildman–Crippen MR) is 72.1 cm³/mol. The second-order valence-corrected chi connectivity index (χ2v) is 6.80. The highest BCUT2D eigenvalue weighted by molar-refractivity contribution is 7.09. The average molecular weight is 250 g/mol. The Hall–Kier alpha value is -0.410.